The van der Waals surface area contributed by atoms with Gasteiger partial charge in [-0.2, -0.15) is 0 Å². The third-order valence-electron chi connectivity index (χ3n) is 11.2. The molecule has 1 amide bonds. The maximum absolute atomic E-state index is 16.3. The average molecular weight is 816 g/mol. The summed E-state index contributed by atoms with van der Waals surface area (Å²) < 4.78 is 30.4. The van der Waals surface area contributed by atoms with Crippen LogP contribution in [-0.2, 0) is 15.1 Å². The number of imidazole rings is 1. The molecule has 5 heterocycles. The molecule has 1 N–H and O–H groups in total. The van der Waals surface area contributed by atoms with Crippen molar-refractivity contribution in [3.8, 4) is 17.0 Å². The van der Waals surface area contributed by atoms with E-state index in [0.29, 0.717) is 21.7 Å². The Morgan fingerprint density at radius 3 is 2.25 bits per heavy atom. The number of fused-ring (bicyclic) bond motifs is 8. The van der Waals surface area contributed by atoms with Crippen molar-refractivity contribution >= 4 is 69.3 Å². The van der Waals surface area contributed by atoms with E-state index in [1.807, 2.05) is 115 Å². The highest BCUT2D eigenvalue weighted by Crippen LogP contribution is 2.63. The number of carbonyl (C=O) groups is 1. The van der Waals surface area contributed by atoms with Crippen molar-refractivity contribution in [2.24, 2.45) is 0 Å². The lowest BCUT2D eigenvalue weighted by Crippen LogP contribution is -2.42. The van der Waals surface area contributed by atoms with Gasteiger partial charge in [0, 0.05) is 74.3 Å². The van der Waals surface area contributed by atoms with Crippen molar-refractivity contribution < 1.29 is 18.3 Å². The maximum Gasteiger partial charge on any atom is 0.349 e. The molecule has 0 radical (unpaired) electrons. The maximum atomic E-state index is 16.3. The summed E-state index contributed by atoms with van der Waals surface area (Å²) in [6, 6.07) is 40.4. The molecule has 0 unspecified atom stereocenters. The van der Waals surface area contributed by atoms with E-state index in [0.717, 1.165) is 50.7 Å². The van der Waals surface area contributed by atoms with Crippen molar-refractivity contribution in [3.05, 3.63) is 178 Å². The van der Waals surface area contributed by atoms with Crippen LogP contribution in [0.5, 0.6) is 5.75 Å². The first-order valence-electron chi connectivity index (χ1n) is 19.1. The summed E-state index contributed by atoms with van der Waals surface area (Å²) in [5.41, 5.74) is 7.83. The highest BCUT2D eigenvalue weighted by Gasteiger charge is 2.54. The van der Waals surface area contributed by atoms with Crippen LogP contribution in [0.2, 0.25) is 0 Å². The smallest absolute Gasteiger partial charge is 0.349 e. The van der Waals surface area contributed by atoms with E-state index in [1.165, 1.54) is 11.6 Å². The molecule has 10 rings (SSSR count). The van der Waals surface area contributed by atoms with Crippen LogP contribution in [0.4, 0.5) is 17.1 Å². The summed E-state index contributed by atoms with van der Waals surface area (Å²) in [5.74, 6) is 0.296. The van der Waals surface area contributed by atoms with E-state index >= 15 is 4.57 Å². The third kappa shape index (κ3) is 5.87. The third-order valence-corrected chi connectivity index (χ3v) is 15.2. The van der Waals surface area contributed by atoms with Gasteiger partial charge in [-0.3, -0.25) is 9.36 Å². The molecule has 0 atom stereocenters. The summed E-state index contributed by atoms with van der Waals surface area (Å²) in [6.07, 6.45) is 3.84. The normalized spacial score (nSPS) is 17.7. The minimum absolute atomic E-state index is 0.0922. The summed E-state index contributed by atoms with van der Waals surface area (Å²) in [5, 5.41) is 4.46. The lowest BCUT2D eigenvalue weighted by atomic mass is 9.81. The Hall–Kier alpha value is -6.55. The molecule has 8 aromatic rings. The Kier molecular flexibility index (Phi) is 8.59. The molecule has 0 bridgehead atoms. The molecule has 0 aliphatic carbocycles. The minimum Gasteiger partial charge on any atom is -0.433 e. The highest BCUT2D eigenvalue weighted by atomic mass is 32.2. The van der Waals surface area contributed by atoms with Crippen LogP contribution < -0.4 is 35.9 Å². The lowest BCUT2D eigenvalue weighted by Gasteiger charge is -2.41. The monoisotopic (exact) mass is 815 g/mol. The van der Waals surface area contributed by atoms with Crippen molar-refractivity contribution in [2.75, 3.05) is 43.3 Å². The molecule has 2 aliphatic rings. The fourth-order valence-electron chi connectivity index (χ4n) is 8.27. The quantitative estimate of drug-likeness (QED) is 0.125. The number of hydrogen-bond acceptors (Lipinski definition) is 9. The van der Waals surface area contributed by atoms with Crippen LogP contribution in [0, 0.1) is 0 Å². The van der Waals surface area contributed by atoms with E-state index in [-0.39, 0.29) is 16.9 Å². The highest BCUT2D eigenvalue weighted by molar-refractivity contribution is 8.00. The number of para-hydroxylation sites is 1. The first-order chi connectivity index (χ1) is 28.5. The predicted molar refractivity (Wildman–Crippen MR) is 238 cm³/mol. The zero-order valence-corrected chi connectivity index (χ0v) is 34.4. The van der Waals surface area contributed by atoms with Crippen LogP contribution in [0.3, 0.4) is 0 Å². The molecule has 12 heteroatoms. The Morgan fingerprint density at radius 2 is 1.53 bits per heavy atom. The number of thioether (sulfide) groups is 1. The first-order valence-corrected chi connectivity index (χ1v) is 21.7. The van der Waals surface area contributed by atoms with Gasteiger partial charge < -0.3 is 28.5 Å². The van der Waals surface area contributed by atoms with Gasteiger partial charge in [0.1, 0.15) is 11.2 Å². The zero-order chi connectivity index (χ0) is 40.6. The summed E-state index contributed by atoms with van der Waals surface area (Å²) in [4.78, 5) is 36.1. The standard InChI is InChI=1S/C47H38N5O5PS/c1-50(2)33-18-20-37-41(25-33)58(55,42-26-34(51(3)4)19-21-38(42)47(37)36-15-6-5-11-31(36)28-59-47)57-40-16-10-13-30-24-35(46(54)56-44(30)40)45(53)48-32-14-9-12-29(23-32)39-27-52-22-8-7-17-43(52)49-39/h5-27H,28H2,1-4H3,(H,48,53). The Morgan fingerprint density at radius 1 is 0.814 bits per heavy atom. The van der Waals surface area contributed by atoms with Crippen molar-refractivity contribution in [3.63, 3.8) is 0 Å². The number of hydrogen-bond donors (Lipinski definition) is 1. The van der Waals surface area contributed by atoms with Crippen LogP contribution in [0.1, 0.15) is 32.6 Å². The average Bonchev–Trinajstić information content (AvgIpc) is 3.86. The molecule has 0 saturated heterocycles. The summed E-state index contributed by atoms with van der Waals surface area (Å²) in [6.45, 7) is 0. The number of aromatic nitrogens is 2. The first kappa shape index (κ1) is 36.8. The molecule has 10 nitrogen and oxygen atoms in total. The van der Waals surface area contributed by atoms with Gasteiger partial charge in [0.15, 0.2) is 11.3 Å². The van der Waals surface area contributed by atoms with Gasteiger partial charge in [0.05, 0.1) is 21.1 Å². The fraction of sp³-hybridized carbons (Fsp3) is 0.128. The number of rotatable bonds is 7. The molecule has 59 heavy (non-hydrogen) atoms. The van der Waals surface area contributed by atoms with Gasteiger partial charge in [-0.15, -0.1) is 11.8 Å². The van der Waals surface area contributed by atoms with Gasteiger partial charge in [-0.25, -0.2) is 9.78 Å². The molecule has 0 fully saturated rings. The number of anilines is 3. The van der Waals surface area contributed by atoms with Crippen LogP contribution in [0.25, 0.3) is 27.9 Å². The van der Waals surface area contributed by atoms with Crippen LogP contribution >= 0.6 is 19.1 Å². The molecule has 3 aromatic heterocycles. The number of carbonyl (C=O) groups excluding carboxylic acids is 1. The zero-order valence-electron chi connectivity index (χ0n) is 32.7. The topological polar surface area (TPSA) is 109 Å². The molecule has 2 aliphatic heterocycles. The predicted octanol–water partition coefficient (Wildman–Crippen LogP) is 8.65. The molecule has 0 saturated carbocycles. The number of benzene rings is 5. The lowest BCUT2D eigenvalue weighted by molar-refractivity contribution is 0.102. The van der Waals surface area contributed by atoms with E-state index in [2.05, 4.69) is 58.8 Å². The summed E-state index contributed by atoms with van der Waals surface area (Å²) >= 11 is 1.82. The molecule has 292 valence electrons. The Labute approximate surface area is 344 Å². The second-order valence-corrected chi connectivity index (χ2v) is 18.6. The number of pyridine rings is 1. The van der Waals surface area contributed by atoms with Gasteiger partial charge in [0.2, 0.25) is 0 Å². The van der Waals surface area contributed by atoms with Crippen molar-refractivity contribution in [1.29, 1.82) is 0 Å². The Balaban J connectivity index is 1.06. The van der Waals surface area contributed by atoms with E-state index in [9.17, 15) is 9.59 Å². The fourth-order valence-corrected chi connectivity index (χ4v) is 12.7. The Bertz CT molecular complexity index is 3040. The molecule has 1 spiro atoms. The number of nitrogens with one attached hydrogen (secondary N) is 1. The van der Waals surface area contributed by atoms with Gasteiger partial charge in [-0.05, 0) is 82.9 Å². The van der Waals surface area contributed by atoms with Gasteiger partial charge in [-0.1, -0.05) is 66.7 Å². The number of nitrogens with zero attached hydrogens (tertiary/aromatic N) is 4. The second kappa shape index (κ2) is 13.8. The number of amides is 1. The SMILES string of the molecule is CN(C)c1ccc2c(c1)P(=O)(Oc1cccc3cc(C(=O)Nc4cccc(-c5cn6ccccc6n5)c4)c(=O)oc13)c1cc(N(C)C)ccc1C21SCc2ccccc21. The van der Waals surface area contributed by atoms with Crippen LogP contribution in [-0.4, -0.2) is 43.5 Å². The van der Waals surface area contributed by atoms with Crippen molar-refractivity contribution in [2.45, 2.75) is 10.5 Å². The van der Waals surface area contributed by atoms with E-state index < -0.39 is 23.6 Å². The van der Waals surface area contributed by atoms with E-state index in [1.54, 1.807) is 24.3 Å². The van der Waals surface area contributed by atoms with Gasteiger partial charge >= 0.3 is 13.0 Å². The van der Waals surface area contributed by atoms with E-state index in [4.69, 9.17) is 8.94 Å². The summed E-state index contributed by atoms with van der Waals surface area (Å²) in [7, 11) is 3.82. The molecule has 5 aromatic carbocycles. The minimum atomic E-state index is -3.99. The second-order valence-electron chi connectivity index (χ2n) is 15.2. The van der Waals surface area contributed by atoms with Crippen LogP contribution in [0.15, 0.2) is 149 Å². The molecular formula is C47H38N5O5PS. The van der Waals surface area contributed by atoms with Gasteiger partial charge in [0.25, 0.3) is 5.91 Å². The van der Waals surface area contributed by atoms with Crippen molar-refractivity contribution in [1.82, 2.24) is 9.38 Å². The largest absolute Gasteiger partial charge is 0.433 e. The molecular weight excluding hydrogens is 778 g/mol.